The molecule has 2 fully saturated rings. The number of piperidine rings is 1. The van der Waals surface area contributed by atoms with E-state index in [4.69, 9.17) is 28.3 Å². The fraction of sp³-hybridized carbons (Fsp3) is 0.458. The van der Waals surface area contributed by atoms with E-state index in [1.807, 2.05) is 12.1 Å². The van der Waals surface area contributed by atoms with Crippen LogP contribution >= 0.6 is 23.2 Å². The second-order valence-electron chi connectivity index (χ2n) is 9.14. The molecule has 0 radical (unpaired) electrons. The van der Waals surface area contributed by atoms with Gasteiger partial charge in [0.15, 0.2) is 0 Å². The van der Waals surface area contributed by atoms with E-state index in [2.05, 4.69) is 10.3 Å². The van der Waals surface area contributed by atoms with Gasteiger partial charge in [-0.05, 0) is 36.6 Å². The summed E-state index contributed by atoms with van der Waals surface area (Å²) in [6.45, 7) is 2.00. The normalized spacial score (nSPS) is 21.0. The molecule has 36 heavy (non-hydrogen) atoms. The highest BCUT2D eigenvalue weighted by Crippen LogP contribution is 2.37. The first kappa shape index (κ1) is 26.3. The Morgan fingerprint density at radius 3 is 2.36 bits per heavy atom. The summed E-state index contributed by atoms with van der Waals surface area (Å²) in [5.74, 6) is -0.0847. The standard InChI is InChI=1S/C24H25Cl2F3N4O3/c25-18-3-1-14(2-4-18)19-13-33(12-16(19)10-31-23(35)36)22(34)15-5-7-32(8-6-15)21-20(26)9-17(11-30-21)24(27,28)29/h1-4,9,11,15-16,19,31H,5-8,10,12-13H2,(H,35,36)/t16-,19-/m0/s1. The molecule has 1 aromatic carbocycles. The number of carbonyl (C=O) groups is 2. The van der Waals surface area contributed by atoms with Gasteiger partial charge in [-0.1, -0.05) is 35.3 Å². The number of pyridine rings is 1. The Bertz CT molecular complexity index is 1110. The highest BCUT2D eigenvalue weighted by Gasteiger charge is 2.39. The molecule has 0 spiro atoms. The van der Waals surface area contributed by atoms with Crippen LogP contribution in [-0.2, 0) is 11.0 Å². The lowest BCUT2D eigenvalue weighted by molar-refractivity contribution is -0.138. The fourth-order valence-electron chi connectivity index (χ4n) is 4.98. The number of hydrogen-bond donors (Lipinski definition) is 2. The lowest BCUT2D eigenvalue weighted by Crippen LogP contribution is -2.42. The summed E-state index contributed by atoms with van der Waals surface area (Å²) in [7, 11) is 0. The van der Waals surface area contributed by atoms with E-state index < -0.39 is 17.8 Å². The van der Waals surface area contributed by atoms with Gasteiger partial charge in [0.1, 0.15) is 5.82 Å². The van der Waals surface area contributed by atoms with Crippen molar-refractivity contribution >= 4 is 41.0 Å². The van der Waals surface area contributed by atoms with Crippen molar-refractivity contribution in [2.24, 2.45) is 11.8 Å². The van der Waals surface area contributed by atoms with E-state index in [9.17, 15) is 22.8 Å². The van der Waals surface area contributed by atoms with Crippen molar-refractivity contribution in [3.8, 4) is 0 Å². The van der Waals surface area contributed by atoms with Crippen molar-refractivity contribution in [1.82, 2.24) is 15.2 Å². The van der Waals surface area contributed by atoms with E-state index in [-0.39, 0.29) is 41.0 Å². The number of likely N-dealkylation sites (tertiary alicyclic amines) is 1. The van der Waals surface area contributed by atoms with E-state index in [1.54, 1.807) is 21.9 Å². The summed E-state index contributed by atoms with van der Waals surface area (Å²) >= 11 is 12.1. The third-order valence-corrected chi connectivity index (χ3v) is 7.39. The van der Waals surface area contributed by atoms with Crippen molar-refractivity contribution in [1.29, 1.82) is 0 Å². The SMILES string of the molecule is O=C(O)NC[C@H]1CN(C(=O)C2CCN(c3ncc(C(F)(F)F)cc3Cl)CC2)C[C@H]1c1ccc(Cl)cc1. The van der Waals surface area contributed by atoms with Crippen LogP contribution in [0.25, 0.3) is 0 Å². The van der Waals surface area contributed by atoms with Crippen LogP contribution in [0.4, 0.5) is 23.8 Å². The molecule has 4 rings (SSSR count). The van der Waals surface area contributed by atoms with Crippen molar-refractivity contribution in [2.45, 2.75) is 24.9 Å². The molecule has 7 nitrogen and oxygen atoms in total. The largest absolute Gasteiger partial charge is 0.465 e. The van der Waals surface area contributed by atoms with Gasteiger partial charge in [-0.25, -0.2) is 9.78 Å². The van der Waals surface area contributed by atoms with Crippen LogP contribution in [0.15, 0.2) is 36.5 Å². The van der Waals surface area contributed by atoms with Crippen molar-refractivity contribution < 1.29 is 27.9 Å². The van der Waals surface area contributed by atoms with E-state index >= 15 is 0 Å². The Balaban J connectivity index is 1.40. The summed E-state index contributed by atoms with van der Waals surface area (Å²) in [6.07, 6.45) is -3.84. The lowest BCUT2D eigenvalue weighted by Gasteiger charge is -2.34. The van der Waals surface area contributed by atoms with Crippen LogP contribution in [0.1, 0.15) is 29.9 Å². The number of carboxylic acid groups (broad SMARTS) is 1. The third kappa shape index (κ3) is 5.98. The van der Waals surface area contributed by atoms with Gasteiger partial charge in [0, 0.05) is 61.7 Å². The van der Waals surface area contributed by atoms with E-state index in [1.165, 1.54) is 0 Å². The second-order valence-corrected chi connectivity index (χ2v) is 9.98. The first-order chi connectivity index (χ1) is 17.0. The number of aromatic nitrogens is 1. The topological polar surface area (TPSA) is 85.8 Å². The summed E-state index contributed by atoms with van der Waals surface area (Å²) < 4.78 is 38.7. The number of benzene rings is 1. The van der Waals surface area contributed by atoms with Gasteiger partial charge in [0.25, 0.3) is 0 Å². The molecule has 2 aliphatic rings. The Hall–Kier alpha value is -2.72. The number of anilines is 1. The number of nitrogens with zero attached hydrogens (tertiary/aromatic N) is 3. The monoisotopic (exact) mass is 544 g/mol. The summed E-state index contributed by atoms with van der Waals surface area (Å²) in [6, 6.07) is 8.22. The summed E-state index contributed by atoms with van der Waals surface area (Å²) in [4.78, 5) is 31.9. The average Bonchev–Trinajstić information content (AvgIpc) is 3.26. The molecule has 2 aliphatic heterocycles. The second kappa shape index (κ2) is 10.7. The minimum atomic E-state index is -4.52. The maximum absolute atomic E-state index is 13.4. The summed E-state index contributed by atoms with van der Waals surface area (Å²) in [5, 5.41) is 12.0. The predicted molar refractivity (Wildman–Crippen MR) is 129 cm³/mol. The quantitative estimate of drug-likeness (QED) is 0.544. The molecule has 0 bridgehead atoms. The number of rotatable bonds is 5. The Kier molecular flexibility index (Phi) is 7.85. The molecule has 194 valence electrons. The van der Waals surface area contributed by atoms with Crippen LogP contribution in [0, 0.1) is 11.8 Å². The molecule has 2 saturated heterocycles. The van der Waals surface area contributed by atoms with Crippen molar-refractivity contribution in [3.63, 3.8) is 0 Å². The van der Waals surface area contributed by atoms with Gasteiger partial charge in [-0.2, -0.15) is 13.2 Å². The van der Waals surface area contributed by atoms with Gasteiger partial charge in [0.2, 0.25) is 5.91 Å². The average molecular weight is 545 g/mol. The third-order valence-electron chi connectivity index (χ3n) is 6.86. The van der Waals surface area contributed by atoms with Crippen molar-refractivity contribution in [3.05, 3.63) is 57.7 Å². The minimum absolute atomic E-state index is 0.00193. The maximum atomic E-state index is 13.4. The van der Waals surface area contributed by atoms with Gasteiger partial charge in [0.05, 0.1) is 10.6 Å². The zero-order valence-corrected chi connectivity index (χ0v) is 20.7. The molecule has 0 unspecified atom stereocenters. The Morgan fingerprint density at radius 1 is 1.11 bits per heavy atom. The molecule has 0 saturated carbocycles. The molecule has 1 aromatic heterocycles. The maximum Gasteiger partial charge on any atom is 0.417 e. The van der Waals surface area contributed by atoms with Crippen LogP contribution < -0.4 is 10.2 Å². The molecule has 12 heteroatoms. The highest BCUT2D eigenvalue weighted by atomic mass is 35.5. The van der Waals surface area contributed by atoms with E-state index in [0.29, 0.717) is 44.0 Å². The van der Waals surface area contributed by atoms with Crippen LogP contribution in [0.5, 0.6) is 0 Å². The molecule has 2 N–H and O–H groups in total. The molecule has 2 aromatic rings. The predicted octanol–water partition coefficient (Wildman–Crippen LogP) is 5.13. The number of nitrogens with one attached hydrogen (secondary N) is 1. The molecule has 0 aliphatic carbocycles. The zero-order chi connectivity index (χ0) is 26.0. The molecular formula is C24H25Cl2F3N4O3. The summed E-state index contributed by atoms with van der Waals surface area (Å²) in [5.41, 5.74) is 0.0854. The van der Waals surface area contributed by atoms with Gasteiger partial charge in [-0.15, -0.1) is 0 Å². The highest BCUT2D eigenvalue weighted by molar-refractivity contribution is 6.33. The first-order valence-corrected chi connectivity index (χ1v) is 12.3. The van der Waals surface area contributed by atoms with Gasteiger partial charge < -0.3 is 20.2 Å². The smallest absolute Gasteiger partial charge is 0.417 e. The number of alkyl halides is 3. The van der Waals surface area contributed by atoms with Crippen molar-refractivity contribution in [2.75, 3.05) is 37.6 Å². The molecular weight excluding hydrogens is 520 g/mol. The Labute approximate surface area is 216 Å². The fourth-order valence-corrected chi connectivity index (χ4v) is 5.39. The lowest BCUT2D eigenvalue weighted by atomic mass is 9.89. The number of carbonyl (C=O) groups excluding carboxylic acids is 1. The first-order valence-electron chi connectivity index (χ1n) is 11.5. The van der Waals surface area contributed by atoms with Gasteiger partial charge >= 0.3 is 12.3 Å². The molecule has 2 atom stereocenters. The number of amides is 2. The van der Waals surface area contributed by atoms with Crippen LogP contribution in [0.2, 0.25) is 10.0 Å². The van der Waals surface area contributed by atoms with Crippen LogP contribution in [0.3, 0.4) is 0 Å². The number of halogens is 5. The minimum Gasteiger partial charge on any atom is -0.465 e. The molecule has 2 amide bonds. The van der Waals surface area contributed by atoms with E-state index in [0.717, 1.165) is 17.8 Å². The van der Waals surface area contributed by atoms with Crippen LogP contribution in [-0.4, -0.2) is 59.7 Å². The number of hydrogen-bond acceptors (Lipinski definition) is 4. The van der Waals surface area contributed by atoms with Gasteiger partial charge in [-0.3, -0.25) is 4.79 Å². The zero-order valence-electron chi connectivity index (χ0n) is 19.1. The Morgan fingerprint density at radius 2 is 1.78 bits per heavy atom. The molecule has 3 heterocycles.